The van der Waals surface area contributed by atoms with Crippen LogP contribution in [0.2, 0.25) is 0 Å². The molecular weight excluding hydrogens is 321 g/mol. The quantitative estimate of drug-likeness (QED) is 0.819. The van der Waals surface area contributed by atoms with Crippen molar-refractivity contribution in [3.8, 4) is 0 Å². The predicted molar refractivity (Wildman–Crippen MR) is 82.3 cm³/mol. The fourth-order valence-corrected chi connectivity index (χ4v) is 2.56. The third kappa shape index (κ3) is 3.93. The molecule has 1 aromatic carbocycles. The number of aryl methyl sites for hydroxylation is 1. The first kappa shape index (κ1) is 15.3. The normalized spacial score (nSPS) is 12.6. The van der Waals surface area contributed by atoms with Gasteiger partial charge >= 0.3 is 0 Å². The van der Waals surface area contributed by atoms with E-state index in [1.807, 2.05) is 25.1 Å². The average Bonchev–Trinajstić information content (AvgIpc) is 2.85. The van der Waals surface area contributed by atoms with Gasteiger partial charge in [-0.1, -0.05) is 22.9 Å². The Labute approximate surface area is 127 Å². The third-order valence-corrected chi connectivity index (χ3v) is 3.67. The first-order valence-electron chi connectivity index (χ1n) is 6.83. The first-order valence-corrected chi connectivity index (χ1v) is 7.63. The van der Waals surface area contributed by atoms with Gasteiger partial charge < -0.3 is 9.73 Å². The topological polar surface area (TPSA) is 25.2 Å². The summed E-state index contributed by atoms with van der Waals surface area (Å²) in [5.41, 5.74) is 0.682. The summed E-state index contributed by atoms with van der Waals surface area (Å²) < 4.78 is 20.5. The van der Waals surface area contributed by atoms with Crippen molar-refractivity contribution in [2.24, 2.45) is 0 Å². The van der Waals surface area contributed by atoms with Gasteiger partial charge in [0.2, 0.25) is 0 Å². The molecule has 0 saturated heterocycles. The maximum absolute atomic E-state index is 13.9. The molecule has 1 atom stereocenters. The second-order valence-corrected chi connectivity index (χ2v) is 5.81. The second kappa shape index (κ2) is 7.04. The highest BCUT2D eigenvalue weighted by atomic mass is 79.9. The highest BCUT2D eigenvalue weighted by Gasteiger charge is 2.17. The molecule has 2 nitrogen and oxygen atoms in total. The molecule has 2 aromatic rings. The van der Waals surface area contributed by atoms with Crippen LogP contribution in [0.15, 0.2) is 39.2 Å². The van der Waals surface area contributed by atoms with Gasteiger partial charge in [-0.25, -0.2) is 4.39 Å². The molecule has 108 valence electrons. The van der Waals surface area contributed by atoms with Crippen molar-refractivity contribution in [2.75, 3.05) is 6.54 Å². The predicted octanol–water partition coefficient (Wildman–Crippen LogP) is 4.77. The number of hydrogen-bond donors (Lipinski definition) is 1. The zero-order valence-electron chi connectivity index (χ0n) is 11.7. The summed E-state index contributed by atoms with van der Waals surface area (Å²) in [4.78, 5) is 0. The smallest absolute Gasteiger partial charge is 0.126 e. The van der Waals surface area contributed by atoms with Crippen LogP contribution < -0.4 is 5.32 Å². The lowest BCUT2D eigenvalue weighted by Crippen LogP contribution is -2.24. The number of rotatable bonds is 6. The highest BCUT2D eigenvalue weighted by Crippen LogP contribution is 2.24. The molecule has 0 aliphatic heterocycles. The highest BCUT2D eigenvalue weighted by molar-refractivity contribution is 9.10. The van der Waals surface area contributed by atoms with Crippen LogP contribution in [0.3, 0.4) is 0 Å². The van der Waals surface area contributed by atoms with E-state index < -0.39 is 0 Å². The van der Waals surface area contributed by atoms with E-state index >= 15 is 0 Å². The Morgan fingerprint density at radius 2 is 2.10 bits per heavy atom. The zero-order valence-corrected chi connectivity index (χ0v) is 13.3. The van der Waals surface area contributed by atoms with Gasteiger partial charge in [-0.2, -0.15) is 0 Å². The van der Waals surface area contributed by atoms with Crippen LogP contribution >= 0.6 is 15.9 Å². The summed E-state index contributed by atoms with van der Waals surface area (Å²) in [6.45, 7) is 4.90. The summed E-state index contributed by atoms with van der Waals surface area (Å²) >= 11 is 3.39. The van der Waals surface area contributed by atoms with Crippen molar-refractivity contribution in [3.05, 3.63) is 57.7 Å². The molecule has 0 fully saturated rings. The summed E-state index contributed by atoms with van der Waals surface area (Å²) in [5.74, 6) is 1.55. The molecule has 1 unspecified atom stereocenters. The zero-order chi connectivity index (χ0) is 14.5. The SMILES string of the molecule is CCCNC(Cc1cc(Br)ccc1F)c1ccc(C)o1. The number of furan rings is 1. The molecular formula is C16H19BrFNO. The van der Waals surface area contributed by atoms with Crippen molar-refractivity contribution in [3.63, 3.8) is 0 Å². The minimum atomic E-state index is -0.181. The van der Waals surface area contributed by atoms with E-state index in [1.165, 1.54) is 6.07 Å². The minimum Gasteiger partial charge on any atom is -0.465 e. The molecule has 0 spiro atoms. The van der Waals surface area contributed by atoms with Crippen LogP contribution in [0.1, 0.15) is 36.5 Å². The van der Waals surface area contributed by atoms with Crippen LogP contribution in [0.5, 0.6) is 0 Å². The second-order valence-electron chi connectivity index (χ2n) is 4.89. The lowest BCUT2D eigenvalue weighted by atomic mass is 10.0. The van der Waals surface area contributed by atoms with Crippen molar-refractivity contribution < 1.29 is 8.81 Å². The Morgan fingerprint density at radius 3 is 2.75 bits per heavy atom. The molecule has 1 aromatic heterocycles. The van der Waals surface area contributed by atoms with E-state index in [4.69, 9.17) is 4.42 Å². The number of nitrogens with one attached hydrogen (secondary N) is 1. The molecule has 0 aliphatic rings. The van der Waals surface area contributed by atoms with E-state index in [0.29, 0.717) is 12.0 Å². The molecule has 0 radical (unpaired) electrons. The van der Waals surface area contributed by atoms with Crippen LogP contribution in [0, 0.1) is 12.7 Å². The summed E-state index contributed by atoms with van der Waals surface area (Å²) in [5, 5.41) is 3.42. The van der Waals surface area contributed by atoms with E-state index in [2.05, 4.69) is 28.2 Å². The van der Waals surface area contributed by atoms with E-state index in [-0.39, 0.29) is 11.9 Å². The molecule has 0 saturated carbocycles. The van der Waals surface area contributed by atoms with Gasteiger partial charge in [0, 0.05) is 4.47 Å². The van der Waals surface area contributed by atoms with Crippen molar-refractivity contribution in [2.45, 2.75) is 32.7 Å². The van der Waals surface area contributed by atoms with Crippen LogP contribution in [-0.4, -0.2) is 6.54 Å². The fourth-order valence-electron chi connectivity index (χ4n) is 2.15. The molecule has 0 amide bonds. The van der Waals surface area contributed by atoms with Gasteiger partial charge in [-0.15, -0.1) is 0 Å². The molecule has 20 heavy (non-hydrogen) atoms. The minimum absolute atomic E-state index is 0.00699. The number of halogens is 2. The van der Waals surface area contributed by atoms with Crippen LogP contribution in [0.4, 0.5) is 4.39 Å². The lowest BCUT2D eigenvalue weighted by Gasteiger charge is -2.17. The number of hydrogen-bond acceptors (Lipinski definition) is 2. The Morgan fingerprint density at radius 1 is 1.30 bits per heavy atom. The Bertz CT molecular complexity index is 567. The first-order chi connectivity index (χ1) is 9.60. The summed E-state index contributed by atoms with van der Waals surface area (Å²) in [6.07, 6.45) is 1.59. The summed E-state index contributed by atoms with van der Waals surface area (Å²) in [6, 6.07) is 8.92. The van der Waals surface area contributed by atoms with Crippen molar-refractivity contribution >= 4 is 15.9 Å². The molecule has 1 N–H and O–H groups in total. The Balaban J connectivity index is 2.21. The molecule has 0 bridgehead atoms. The van der Waals surface area contributed by atoms with E-state index in [1.54, 1.807) is 6.07 Å². The van der Waals surface area contributed by atoms with Crippen LogP contribution in [-0.2, 0) is 6.42 Å². The van der Waals surface area contributed by atoms with Gasteiger partial charge in [0.05, 0.1) is 6.04 Å². The van der Waals surface area contributed by atoms with Gasteiger partial charge in [0.25, 0.3) is 0 Å². The van der Waals surface area contributed by atoms with E-state index in [9.17, 15) is 4.39 Å². The monoisotopic (exact) mass is 339 g/mol. The largest absolute Gasteiger partial charge is 0.465 e. The Hall–Kier alpha value is -1.13. The average molecular weight is 340 g/mol. The Kier molecular flexibility index (Phi) is 5.38. The van der Waals surface area contributed by atoms with Gasteiger partial charge in [-0.05, 0) is 62.2 Å². The third-order valence-electron chi connectivity index (χ3n) is 3.18. The standard InChI is InChI=1S/C16H19BrFNO/c1-3-8-19-15(16-7-4-11(2)20-16)10-12-9-13(17)5-6-14(12)18/h4-7,9,15,19H,3,8,10H2,1-2H3. The van der Waals surface area contributed by atoms with Gasteiger partial charge in [0.1, 0.15) is 17.3 Å². The van der Waals surface area contributed by atoms with Crippen molar-refractivity contribution in [1.82, 2.24) is 5.32 Å². The number of benzene rings is 1. The molecule has 0 aliphatic carbocycles. The molecule has 4 heteroatoms. The fraction of sp³-hybridized carbons (Fsp3) is 0.375. The lowest BCUT2D eigenvalue weighted by molar-refractivity contribution is 0.395. The molecule has 2 rings (SSSR count). The van der Waals surface area contributed by atoms with Crippen molar-refractivity contribution in [1.29, 1.82) is 0 Å². The van der Waals surface area contributed by atoms with E-state index in [0.717, 1.165) is 29.0 Å². The van der Waals surface area contributed by atoms with Gasteiger partial charge in [-0.3, -0.25) is 0 Å². The van der Waals surface area contributed by atoms with Gasteiger partial charge in [0.15, 0.2) is 0 Å². The van der Waals surface area contributed by atoms with Crippen LogP contribution in [0.25, 0.3) is 0 Å². The molecule has 1 heterocycles. The maximum atomic E-state index is 13.9. The maximum Gasteiger partial charge on any atom is 0.126 e. The summed E-state index contributed by atoms with van der Waals surface area (Å²) in [7, 11) is 0.